The maximum atomic E-state index is 15.7. The Kier molecular flexibility index (Phi) is 15.0. The van der Waals surface area contributed by atoms with E-state index in [1.165, 1.54) is 47.3 Å². The molecule has 0 spiro atoms. The SMILES string of the molecule is C[C@@H](SC1COC(/C=C/C=C/c2ccc(C#N)cc2F)OC1)[C@@](Cn1cncn1)(OC(=O)OCOC(=O)CCC(=O)N1CCN(C)CC1)c1ccc(F)cc1F. The Morgan fingerprint density at radius 2 is 1.80 bits per heavy atom. The number of hydrogen-bond donors (Lipinski definition) is 0. The van der Waals surface area contributed by atoms with Crippen molar-refractivity contribution in [3.63, 3.8) is 0 Å². The summed E-state index contributed by atoms with van der Waals surface area (Å²) < 4.78 is 73.1. The molecule has 1 amide bonds. The van der Waals surface area contributed by atoms with Crippen LogP contribution in [0.2, 0.25) is 0 Å². The predicted molar refractivity (Wildman–Crippen MR) is 196 cm³/mol. The van der Waals surface area contributed by atoms with Gasteiger partial charge in [0.1, 0.15) is 30.1 Å². The molecule has 0 unspecified atom stereocenters. The van der Waals surface area contributed by atoms with E-state index in [9.17, 15) is 23.2 Å². The van der Waals surface area contributed by atoms with Crippen LogP contribution in [0.25, 0.3) is 6.08 Å². The number of carbonyl (C=O) groups is 3. The zero-order chi connectivity index (χ0) is 40.1. The number of nitriles is 1. The van der Waals surface area contributed by atoms with E-state index in [2.05, 4.69) is 15.0 Å². The molecule has 18 heteroatoms. The quantitative estimate of drug-likeness (QED) is 0.117. The Morgan fingerprint density at radius 1 is 1.04 bits per heavy atom. The van der Waals surface area contributed by atoms with E-state index < -0.39 is 53.5 Å². The number of halogens is 3. The van der Waals surface area contributed by atoms with Gasteiger partial charge in [-0.2, -0.15) is 10.4 Å². The van der Waals surface area contributed by atoms with Crippen molar-refractivity contribution in [3.05, 3.63) is 101 Å². The van der Waals surface area contributed by atoms with E-state index in [0.29, 0.717) is 24.7 Å². The van der Waals surface area contributed by atoms with Gasteiger partial charge in [0, 0.05) is 55.0 Å². The normalized spacial score (nSPS) is 19.3. The topological polar surface area (TPSA) is 158 Å². The summed E-state index contributed by atoms with van der Waals surface area (Å²) in [6.45, 7) is 3.47. The second-order valence-electron chi connectivity index (χ2n) is 12.9. The summed E-state index contributed by atoms with van der Waals surface area (Å²) in [6, 6.07) is 8.89. The Hall–Kier alpha value is -5.22. The van der Waals surface area contributed by atoms with E-state index in [1.54, 1.807) is 30.1 Å². The Labute approximate surface area is 325 Å². The molecule has 2 atom stereocenters. The third kappa shape index (κ3) is 11.6. The van der Waals surface area contributed by atoms with E-state index in [4.69, 9.17) is 28.9 Å². The summed E-state index contributed by atoms with van der Waals surface area (Å²) in [4.78, 5) is 45.9. The zero-order valence-electron chi connectivity index (χ0n) is 30.7. The number of likely N-dealkylation sites (N-methyl/N-ethyl adjacent to an activating group) is 1. The second-order valence-corrected chi connectivity index (χ2v) is 14.6. The number of hydrogen-bond acceptors (Lipinski definition) is 13. The first-order valence-corrected chi connectivity index (χ1v) is 18.6. The van der Waals surface area contributed by atoms with Crippen molar-refractivity contribution in [1.29, 1.82) is 5.26 Å². The van der Waals surface area contributed by atoms with E-state index >= 15 is 4.39 Å². The molecule has 2 fully saturated rings. The van der Waals surface area contributed by atoms with Gasteiger partial charge < -0.3 is 33.5 Å². The minimum Gasteiger partial charge on any atom is -0.428 e. The van der Waals surface area contributed by atoms with Gasteiger partial charge in [0.25, 0.3) is 0 Å². The van der Waals surface area contributed by atoms with E-state index in [1.807, 2.05) is 13.1 Å². The van der Waals surface area contributed by atoms with Crippen LogP contribution < -0.4 is 0 Å². The molecule has 3 heterocycles. The molecular formula is C38H41F3N6O8S. The van der Waals surface area contributed by atoms with Crippen molar-refractivity contribution < 1.29 is 51.2 Å². The van der Waals surface area contributed by atoms with Crippen molar-refractivity contribution in [2.45, 2.75) is 48.7 Å². The van der Waals surface area contributed by atoms with Crippen LogP contribution >= 0.6 is 11.8 Å². The van der Waals surface area contributed by atoms with Crippen molar-refractivity contribution >= 4 is 35.9 Å². The lowest BCUT2D eigenvalue weighted by Crippen LogP contribution is -2.47. The van der Waals surface area contributed by atoms with Crippen LogP contribution in [-0.2, 0) is 45.4 Å². The van der Waals surface area contributed by atoms with Crippen LogP contribution in [0.1, 0.15) is 36.5 Å². The molecule has 0 saturated carbocycles. The Bertz CT molecular complexity index is 1910. The summed E-state index contributed by atoms with van der Waals surface area (Å²) in [5.41, 5.74) is -1.57. The van der Waals surface area contributed by atoms with Crippen LogP contribution in [-0.4, -0.2) is 113 Å². The third-order valence-corrected chi connectivity index (χ3v) is 10.5. The second kappa shape index (κ2) is 20.1. The summed E-state index contributed by atoms with van der Waals surface area (Å²) in [5.74, 6) is -3.35. The van der Waals surface area contributed by atoms with Gasteiger partial charge in [-0.1, -0.05) is 24.3 Å². The highest BCUT2D eigenvalue weighted by molar-refractivity contribution is 8.00. The average molecular weight is 799 g/mol. The van der Waals surface area contributed by atoms with E-state index in [-0.39, 0.29) is 54.9 Å². The molecule has 2 aliphatic heterocycles. The number of nitrogens with zero attached hydrogens (tertiary/aromatic N) is 6. The number of ether oxygens (including phenoxy) is 5. The first kappa shape index (κ1) is 41.9. The number of aromatic nitrogens is 3. The Balaban J connectivity index is 1.22. The fourth-order valence-corrected chi connectivity index (χ4v) is 7.30. The van der Waals surface area contributed by atoms with Gasteiger partial charge in [0.15, 0.2) is 11.9 Å². The molecule has 0 aliphatic carbocycles. The molecule has 14 nitrogen and oxygen atoms in total. The van der Waals surface area contributed by atoms with Gasteiger partial charge in [-0.3, -0.25) is 9.59 Å². The van der Waals surface area contributed by atoms with E-state index in [0.717, 1.165) is 31.3 Å². The highest BCUT2D eigenvalue weighted by Gasteiger charge is 2.47. The van der Waals surface area contributed by atoms with Crippen LogP contribution in [0.15, 0.2) is 67.3 Å². The average Bonchev–Trinajstić information content (AvgIpc) is 3.69. The molecule has 5 rings (SSSR count). The first-order valence-electron chi connectivity index (χ1n) is 17.6. The van der Waals surface area contributed by atoms with Gasteiger partial charge in [-0.05, 0) is 44.3 Å². The molecule has 2 aromatic carbocycles. The summed E-state index contributed by atoms with van der Waals surface area (Å²) in [7, 11) is 1.96. The number of benzene rings is 2. The Morgan fingerprint density at radius 3 is 2.48 bits per heavy atom. The fraction of sp³-hybridized carbons (Fsp3) is 0.421. The number of thioether (sulfide) groups is 1. The largest absolute Gasteiger partial charge is 0.512 e. The number of amides is 1. The monoisotopic (exact) mass is 798 g/mol. The fourth-order valence-electron chi connectivity index (χ4n) is 5.94. The first-order chi connectivity index (χ1) is 26.9. The lowest BCUT2D eigenvalue weighted by molar-refractivity contribution is -0.157. The van der Waals surface area contributed by atoms with Gasteiger partial charge in [-0.25, -0.2) is 27.6 Å². The minimum atomic E-state index is -1.89. The van der Waals surface area contributed by atoms with Gasteiger partial charge in [-0.15, -0.1) is 11.8 Å². The number of allylic oxidation sites excluding steroid dienone is 2. The van der Waals surface area contributed by atoms with Gasteiger partial charge in [0.2, 0.25) is 12.7 Å². The van der Waals surface area contributed by atoms with Crippen LogP contribution in [0, 0.1) is 28.8 Å². The number of piperazine rings is 1. The number of rotatable bonds is 15. The molecule has 0 N–H and O–H groups in total. The molecule has 3 aromatic rings. The van der Waals surface area contributed by atoms with Gasteiger partial charge in [0.05, 0.1) is 43.1 Å². The molecule has 1 aromatic heterocycles. The highest BCUT2D eigenvalue weighted by Crippen LogP contribution is 2.42. The molecule has 298 valence electrons. The lowest BCUT2D eigenvalue weighted by Gasteiger charge is -2.40. The zero-order valence-corrected chi connectivity index (χ0v) is 31.5. The lowest BCUT2D eigenvalue weighted by atomic mass is 9.89. The molecule has 2 aliphatic rings. The highest BCUT2D eigenvalue weighted by atomic mass is 32.2. The maximum Gasteiger partial charge on any atom is 0.512 e. The standard InChI is InChI=1S/C38H41F3N6O8S/c1-26(56-30-20-51-36(52-21-30)6-4-3-5-28-8-7-27(19-42)17-32(28)40)38(22-47-24-43-23-44-47,31-10-9-29(39)18-33(31)41)55-37(50)54-25-53-35(49)12-11-34(48)46-15-13-45(2)14-16-46/h3-10,17-18,23-24,26,30,36H,11-16,20-22,25H2,1-2H3/b5-3+,6-4+/t26-,30?,36?,38-/m1/s1. The summed E-state index contributed by atoms with van der Waals surface area (Å²) in [5, 5.41) is 11.9. The molecule has 56 heavy (non-hydrogen) atoms. The van der Waals surface area contributed by atoms with Crippen molar-refractivity contribution in [2.24, 2.45) is 0 Å². The van der Waals surface area contributed by atoms with Crippen molar-refractivity contribution in [2.75, 3.05) is 53.2 Å². The molecular weight excluding hydrogens is 758 g/mol. The number of esters is 1. The van der Waals surface area contributed by atoms with Crippen molar-refractivity contribution in [1.82, 2.24) is 24.6 Å². The van der Waals surface area contributed by atoms with Crippen LogP contribution in [0.3, 0.4) is 0 Å². The third-order valence-electron chi connectivity index (χ3n) is 9.04. The minimum absolute atomic E-state index is 0.0730. The smallest absolute Gasteiger partial charge is 0.428 e. The van der Waals surface area contributed by atoms with Gasteiger partial charge >= 0.3 is 12.1 Å². The summed E-state index contributed by atoms with van der Waals surface area (Å²) >= 11 is 1.25. The van der Waals surface area contributed by atoms with Crippen molar-refractivity contribution in [3.8, 4) is 6.07 Å². The van der Waals surface area contributed by atoms with Crippen LogP contribution in [0.5, 0.6) is 0 Å². The van der Waals surface area contributed by atoms with Crippen LogP contribution in [0.4, 0.5) is 18.0 Å². The predicted octanol–water partition coefficient (Wildman–Crippen LogP) is 4.80. The molecule has 2 saturated heterocycles. The maximum absolute atomic E-state index is 15.7. The molecule has 0 bridgehead atoms. The number of carbonyl (C=O) groups excluding carboxylic acids is 3. The molecule has 0 radical (unpaired) electrons. The summed E-state index contributed by atoms with van der Waals surface area (Å²) in [6.07, 6.45) is 6.61.